The second kappa shape index (κ2) is 5.81. The molecule has 1 aliphatic heterocycles. The summed E-state index contributed by atoms with van der Waals surface area (Å²) in [4.78, 5) is -1.28. The summed E-state index contributed by atoms with van der Waals surface area (Å²) in [6.45, 7) is 0.917. The fraction of sp³-hybridized carbons (Fsp3) is 0.250. The maximum Gasteiger partial charge on any atom is 0.170 e. The molecule has 0 amide bonds. The van der Waals surface area contributed by atoms with Crippen LogP contribution in [0.5, 0.6) is 11.5 Å². The molecule has 89 valence electrons. The molecule has 8 heteroatoms. The summed E-state index contributed by atoms with van der Waals surface area (Å²) < 4.78 is 10.8. The normalized spacial score (nSPS) is 25.2. The molecule has 0 aliphatic carbocycles. The summed E-state index contributed by atoms with van der Waals surface area (Å²) in [5, 5.41) is 1.25. The second-order valence-electron chi connectivity index (χ2n) is 2.86. The summed E-state index contributed by atoms with van der Waals surface area (Å²) in [7, 11) is 5.03. The van der Waals surface area contributed by atoms with Crippen molar-refractivity contribution in [3.05, 3.63) is 18.2 Å². The zero-order valence-corrected chi connectivity index (χ0v) is 13.9. The number of methoxy groups -OCH3 is 2. The van der Waals surface area contributed by atoms with Gasteiger partial charge in [0.05, 0.1) is 19.1 Å². The molecule has 1 aliphatic rings. The molecular weight excluding hydrogens is 318 g/mol. The Morgan fingerprint density at radius 3 is 2.50 bits per heavy atom. The smallest absolute Gasteiger partial charge is 0.170 e. The van der Waals surface area contributed by atoms with E-state index in [0.717, 1.165) is 18.5 Å². The minimum absolute atomic E-state index is 0.804. The Hall–Kier alpha value is 1.08. The molecule has 0 saturated carbocycles. The Bertz CT molecular complexity index is 381. The summed E-state index contributed by atoms with van der Waals surface area (Å²) in [5.41, 5.74) is 0. The van der Waals surface area contributed by atoms with Gasteiger partial charge in [-0.05, 0) is 22.5 Å². The Labute approximate surface area is 114 Å². The van der Waals surface area contributed by atoms with Crippen LogP contribution in [0.3, 0.4) is 0 Å². The summed E-state index contributed by atoms with van der Waals surface area (Å²) in [5.74, 6) is 1.67. The van der Waals surface area contributed by atoms with Gasteiger partial charge >= 0.3 is 0 Å². The largest absolute Gasteiger partial charge is 0.493 e. The first-order valence-corrected chi connectivity index (χ1v) is 13.9. The Morgan fingerprint density at radius 2 is 2.06 bits per heavy atom. The van der Waals surface area contributed by atoms with Crippen LogP contribution < -0.4 is 14.8 Å². The van der Waals surface area contributed by atoms with Crippen LogP contribution in [0.15, 0.2) is 18.2 Å². The van der Waals surface area contributed by atoms with Crippen LogP contribution in [0.2, 0.25) is 0 Å². The first kappa shape index (κ1) is 13.5. The average Bonchev–Trinajstić information content (AvgIpc) is 2.28. The Morgan fingerprint density at radius 1 is 1.31 bits per heavy atom. The van der Waals surface area contributed by atoms with Crippen LogP contribution in [-0.4, -0.2) is 14.2 Å². The molecule has 0 unspecified atom stereocenters. The van der Waals surface area contributed by atoms with Crippen LogP contribution >= 0.6 is 55.9 Å². The van der Waals surface area contributed by atoms with Gasteiger partial charge in [0.2, 0.25) is 0 Å². The van der Waals surface area contributed by atoms with Crippen LogP contribution in [-0.2, 0) is 0 Å². The van der Waals surface area contributed by atoms with E-state index in [9.17, 15) is 0 Å². The van der Waals surface area contributed by atoms with Gasteiger partial charge in [0.1, 0.15) is 0 Å². The van der Waals surface area contributed by atoms with Crippen molar-refractivity contribution in [2.45, 2.75) is 0 Å². The second-order valence-corrected chi connectivity index (χ2v) is 20.4. The first-order chi connectivity index (χ1) is 7.77. The Balaban J connectivity index is 2.47. The van der Waals surface area contributed by atoms with E-state index in [0.29, 0.717) is 0 Å². The number of hydrogen-bond acceptors (Lipinski definition) is 6. The molecule has 0 spiro atoms. The molecule has 1 heterocycles. The molecule has 2 rings (SSSR count). The highest BCUT2D eigenvalue weighted by Gasteiger charge is 2.42. The molecule has 0 aromatic heterocycles. The topological polar surface area (TPSA) is 18.5 Å². The lowest BCUT2D eigenvalue weighted by Gasteiger charge is -2.40. The molecule has 0 bridgehead atoms. The van der Waals surface area contributed by atoms with E-state index in [2.05, 4.69) is 17.7 Å². The van der Waals surface area contributed by atoms with Crippen molar-refractivity contribution in [1.82, 2.24) is 0 Å². The van der Waals surface area contributed by atoms with Crippen molar-refractivity contribution in [2.24, 2.45) is 0 Å². The van der Waals surface area contributed by atoms with E-state index >= 15 is 0 Å². The van der Waals surface area contributed by atoms with Crippen molar-refractivity contribution in [3.8, 4) is 11.5 Å². The quantitative estimate of drug-likeness (QED) is 0.490. The monoisotopic (exact) mass is 329 g/mol. The van der Waals surface area contributed by atoms with E-state index in [1.54, 1.807) is 24.6 Å². The minimum atomic E-state index is -1.28. The van der Waals surface area contributed by atoms with Gasteiger partial charge in [-0.15, -0.1) is 11.7 Å². The van der Waals surface area contributed by atoms with Gasteiger partial charge in [0.25, 0.3) is 0 Å². The van der Waals surface area contributed by atoms with Gasteiger partial charge in [0.15, 0.2) is 11.5 Å². The maximum absolute atomic E-state index is 5.48. The predicted molar refractivity (Wildman–Crippen MR) is 86.2 cm³/mol. The molecule has 1 radical (unpaired) electrons. The molecule has 0 atom stereocenters. The van der Waals surface area contributed by atoms with Crippen molar-refractivity contribution in [1.29, 1.82) is 0 Å². The number of ether oxygens (including phenoxy) is 2. The number of benzene rings is 1. The van der Waals surface area contributed by atoms with Crippen LogP contribution in [0.25, 0.3) is 0 Å². The van der Waals surface area contributed by atoms with E-state index in [1.807, 2.05) is 34.1 Å². The molecule has 2 nitrogen and oxygen atoms in total. The highest BCUT2D eigenvalue weighted by Crippen LogP contribution is 3.05. The zero-order chi connectivity index (χ0) is 11.6. The summed E-state index contributed by atoms with van der Waals surface area (Å²) in [6.07, 6.45) is 0. The maximum atomic E-state index is 5.48. The molecule has 1 aromatic carbocycles. The number of para-hydroxylation sites is 1. The molecular formula is C8H11O2P2S4. The van der Waals surface area contributed by atoms with E-state index in [4.69, 9.17) is 9.47 Å². The molecule has 1 saturated heterocycles. The minimum Gasteiger partial charge on any atom is -0.493 e. The summed E-state index contributed by atoms with van der Waals surface area (Å²) in [6, 6.07) is 6.08. The van der Waals surface area contributed by atoms with Gasteiger partial charge < -0.3 is 9.47 Å². The van der Waals surface area contributed by atoms with Crippen LogP contribution in [0, 0.1) is 0 Å². The first-order valence-electron chi connectivity index (χ1n) is 4.33. The third-order valence-corrected chi connectivity index (χ3v) is 31.5. The van der Waals surface area contributed by atoms with Gasteiger partial charge in [-0.1, -0.05) is 28.1 Å². The van der Waals surface area contributed by atoms with E-state index in [-0.39, 0.29) is 0 Å². The van der Waals surface area contributed by atoms with Crippen LogP contribution in [0.4, 0.5) is 0 Å². The van der Waals surface area contributed by atoms with E-state index in [1.165, 1.54) is 5.30 Å². The highest BCUT2D eigenvalue weighted by atomic mass is 33.8. The van der Waals surface area contributed by atoms with Gasteiger partial charge in [-0.3, -0.25) is 0 Å². The van der Waals surface area contributed by atoms with Gasteiger partial charge in [-0.2, -0.15) is 0 Å². The average molecular weight is 329 g/mol. The Kier molecular flexibility index (Phi) is 4.91. The van der Waals surface area contributed by atoms with E-state index < -0.39 is 4.87 Å². The lowest BCUT2D eigenvalue weighted by atomic mass is 10.3. The molecule has 16 heavy (non-hydrogen) atoms. The highest BCUT2D eigenvalue weighted by molar-refractivity contribution is 9.53. The van der Waals surface area contributed by atoms with Crippen molar-refractivity contribution in [3.63, 3.8) is 0 Å². The fourth-order valence-corrected chi connectivity index (χ4v) is 28.5. The zero-order valence-electron chi connectivity index (χ0n) is 8.67. The van der Waals surface area contributed by atoms with Crippen molar-refractivity contribution < 1.29 is 9.47 Å². The number of thiol groups is 1. The van der Waals surface area contributed by atoms with Gasteiger partial charge in [0, 0.05) is 12.3 Å². The third kappa shape index (κ3) is 2.30. The fourth-order valence-electron chi connectivity index (χ4n) is 1.37. The van der Waals surface area contributed by atoms with Crippen molar-refractivity contribution in [2.75, 3.05) is 14.2 Å². The van der Waals surface area contributed by atoms with Crippen molar-refractivity contribution >= 4 is 61.2 Å². The summed E-state index contributed by atoms with van der Waals surface area (Å²) >= 11 is 8.44. The molecule has 1 fully saturated rings. The number of hydrogen-bond donors (Lipinski definition) is 1. The number of rotatable bonds is 4. The predicted octanol–water partition coefficient (Wildman–Crippen LogP) is 4.66. The van der Waals surface area contributed by atoms with Crippen LogP contribution in [0.1, 0.15) is 0 Å². The standard InChI is InChI=1S/C8H11O2P2S4/c1-9-6-4-3-5-7(8(6)10-2)12(16-13)14-11-15-12/h3-5,11,13H,1-2H3. The SMILES string of the molecule is COc1cccc([P]2(SS)SPS2)c1OC. The molecule has 1 aromatic rings. The lowest BCUT2D eigenvalue weighted by molar-refractivity contribution is 0.357. The third-order valence-electron chi connectivity index (χ3n) is 2.10. The lowest BCUT2D eigenvalue weighted by Crippen LogP contribution is -2.09. The molecule has 0 N–H and O–H groups in total. The van der Waals surface area contributed by atoms with Gasteiger partial charge in [-0.25, -0.2) is 0 Å².